The van der Waals surface area contributed by atoms with Crippen LogP contribution < -0.4 is 17.2 Å². The fraction of sp³-hybridized carbons (Fsp3) is 0.0250. The van der Waals surface area contributed by atoms with Gasteiger partial charge in [-0.15, -0.1) is 0 Å². The number of pyridine rings is 1. The Morgan fingerprint density at radius 1 is 0.620 bits per heavy atom. The number of aromatic amines is 1. The SMILES string of the molecule is Nc1cc(-c2ccc(N)c(/N=C/c3ccccn3)c2)ccc1/N=C/Cc1ccc(-c2nc3cc(-c4ccc(/N=C/I)c(N)c4)ccc3[nH]2)cc1. The van der Waals surface area contributed by atoms with Crippen molar-refractivity contribution in [2.24, 2.45) is 15.0 Å². The largest absolute Gasteiger partial charge is 0.397 e. The van der Waals surface area contributed by atoms with Crippen molar-refractivity contribution < 1.29 is 0 Å². The number of rotatable bonds is 9. The molecule has 0 aliphatic rings. The van der Waals surface area contributed by atoms with Crippen molar-refractivity contribution in [2.75, 3.05) is 17.2 Å². The molecule has 0 amide bonds. The molecule has 7 rings (SSSR count). The first-order valence-corrected chi connectivity index (χ1v) is 17.1. The summed E-state index contributed by atoms with van der Waals surface area (Å²) in [5, 5.41) is 0. The van der Waals surface area contributed by atoms with Crippen LogP contribution in [0.3, 0.4) is 0 Å². The molecule has 2 heterocycles. The van der Waals surface area contributed by atoms with Gasteiger partial charge in [-0.05, 0) is 111 Å². The quantitative estimate of drug-likeness (QED) is 0.0654. The van der Waals surface area contributed by atoms with Crippen molar-refractivity contribution >= 4 is 84.4 Å². The van der Waals surface area contributed by atoms with Gasteiger partial charge in [0.25, 0.3) is 0 Å². The minimum atomic E-state index is 0.585. The molecule has 244 valence electrons. The predicted molar refractivity (Wildman–Crippen MR) is 218 cm³/mol. The average molecular weight is 766 g/mol. The molecule has 0 unspecified atom stereocenters. The Morgan fingerprint density at radius 2 is 1.28 bits per heavy atom. The number of H-pyrrole nitrogens is 1. The molecular weight excluding hydrogens is 733 g/mol. The standard InChI is InChI=1S/C40H32IN9/c41-24-48-36-14-10-28(20-34(36)44)30-11-15-37-39(22-30)50-40(49-37)26-6-4-25(5-7-26)16-18-46-35-13-9-27(19-33(35)43)29-8-12-32(42)38(21-29)47-23-31-3-1-2-17-45-31/h1-15,17-24H,16,42-44H2,(H,49,50)/b46-18+,47-23+,48-24+. The van der Waals surface area contributed by atoms with E-state index < -0.39 is 0 Å². The number of aromatic nitrogens is 3. The maximum atomic E-state index is 6.43. The molecule has 0 saturated carbocycles. The lowest BCUT2D eigenvalue weighted by Crippen LogP contribution is -1.91. The molecule has 0 aliphatic carbocycles. The maximum absolute atomic E-state index is 6.43. The fourth-order valence-corrected chi connectivity index (χ4v) is 5.85. The number of anilines is 3. The highest BCUT2D eigenvalue weighted by molar-refractivity contribution is 14.1. The smallest absolute Gasteiger partial charge is 0.138 e. The van der Waals surface area contributed by atoms with E-state index in [4.69, 9.17) is 22.2 Å². The van der Waals surface area contributed by atoms with Crippen LogP contribution in [0.2, 0.25) is 0 Å². The van der Waals surface area contributed by atoms with E-state index in [1.807, 2.05) is 85.1 Å². The van der Waals surface area contributed by atoms with Gasteiger partial charge in [-0.1, -0.05) is 54.6 Å². The first-order valence-electron chi connectivity index (χ1n) is 15.8. The van der Waals surface area contributed by atoms with Crippen molar-refractivity contribution in [2.45, 2.75) is 6.42 Å². The van der Waals surface area contributed by atoms with Gasteiger partial charge in [-0.25, -0.2) is 9.98 Å². The molecule has 10 heteroatoms. The number of imidazole rings is 1. The number of nitrogens with one attached hydrogen (secondary N) is 1. The highest BCUT2D eigenvalue weighted by Gasteiger charge is 2.09. The summed E-state index contributed by atoms with van der Waals surface area (Å²) >= 11 is 2.09. The summed E-state index contributed by atoms with van der Waals surface area (Å²) in [6, 6.07) is 37.7. The van der Waals surface area contributed by atoms with Crippen LogP contribution in [0.4, 0.5) is 34.1 Å². The second-order valence-electron chi connectivity index (χ2n) is 11.6. The monoisotopic (exact) mass is 765 g/mol. The summed E-state index contributed by atoms with van der Waals surface area (Å²) in [5.41, 5.74) is 31.5. The Kier molecular flexibility index (Phi) is 9.43. The molecule has 9 nitrogen and oxygen atoms in total. The number of nitrogens with two attached hydrogens (primary N) is 3. The van der Waals surface area contributed by atoms with Gasteiger partial charge in [-0.2, -0.15) is 0 Å². The highest BCUT2D eigenvalue weighted by Crippen LogP contribution is 2.34. The van der Waals surface area contributed by atoms with Gasteiger partial charge >= 0.3 is 0 Å². The van der Waals surface area contributed by atoms with Gasteiger partial charge < -0.3 is 22.2 Å². The summed E-state index contributed by atoms with van der Waals surface area (Å²) in [6.45, 7) is 0. The molecule has 7 aromatic rings. The van der Waals surface area contributed by atoms with Crippen LogP contribution in [0, 0.1) is 0 Å². The molecule has 5 aromatic carbocycles. The van der Waals surface area contributed by atoms with Gasteiger partial charge in [0.15, 0.2) is 0 Å². The summed E-state index contributed by atoms with van der Waals surface area (Å²) in [6.07, 6.45) is 5.97. The number of aliphatic imine (C=N–C) groups is 3. The van der Waals surface area contributed by atoms with Crippen molar-refractivity contribution in [3.8, 4) is 33.6 Å². The number of nitrogen functional groups attached to an aromatic ring is 3. The Bertz CT molecular complexity index is 2400. The first-order chi connectivity index (χ1) is 24.4. The van der Waals surface area contributed by atoms with Crippen LogP contribution in [0.25, 0.3) is 44.7 Å². The lowest BCUT2D eigenvalue weighted by Gasteiger charge is -2.08. The first kappa shape index (κ1) is 32.4. The van der Waals surface area contributed by atoms with Crippen LogP contribution in [0.1, 0.15) is 11.3 Å². The molecule has 0 saturated heterocycles. The molecule has 0 aliphatic heterocycles. The molecule has 0 atom stereocenters. The minimum Gasteiger partial charge on any atom is -0.397 e. The van der Waals surface area contributed by atoms with Crippen LogP contribution in [0.15, 0.2) is 136 Å². The van der Waals surface area contributed by atoms with Gasteiger partial charge in [0, 0.05) is 24.4 Å². The Labute approximate surface area is 302 Å². The summed E-state index contributed by atoms with van der Waals surface area (Å²) in [5.74, 6) is 0.810. The molecule has 0 spiro atoms. The van der Waals surface area contributed by atoms with E-state index in [-0.39, 0.29) is 0 Å². The predicted octanol–water partition coefficient (Wildman–Crippen LogP) is 9.50. The van der Waals surface area contributed by atoms with Gasteiger partial charge in [0.05, 0.1) is 61.3 Å². The lowest BCUT2D eigenvalue weighted by molar-refractivity contribution is 1.30. The van der Waals surface area contributed by atoms with Crippen LogP contribution >= 0.6 is 22.6 Å². The summed E-state index contributed by atoms with van der Waals surface area (Å²) < 4.78 is 1.71. The number of fused-ring (bicyclic) bond motifs is 1. The Hall–Kier alpha value is -6.14. The van der Waals surface area contributed by atoms with Crippen molar-refractivity contribution in [1.29, 1.82) is 0 Å². The van der Waals surface area contributed by atoms with E-state index >= 15 is 0 Å². The Morgan fingerprint density at radius 3 is 1.98 bits per heavy atom. The molecule has 0 fully saturated rings. The zero-order valence-corrected chi connectivity index (χ0v) is 29.0. The fourth-order valence-electron chi connectivity index (χ4n) is 5.55. The molecule has 0 bridgehead atoms. The number of nitrogens with zero attached hydrogens (tertiary/aromatic N) is 5. The van der Waals surface area contributed by atoms with Crippen LogP contribution in [0.5, 0.6) is 0 Å². The van der Waals surface area contributed by atoms with Crippen molar-refractivity contribution in [3.05, 3.63) is 133 Å². The average Bonchev–Trinajstić information content (AvgIpc) is 3.57. The van der Waals surface area contributed by atoms with E-state index in [1.54, 1.807) is 16.6 Å². The maximum Gasteiger partial charge on any atom is 0.138 e. The number of hydrogen-bond donors (Lipinski definition) is 4. The highest BCUT2D eigenvalue weighted by atomic mass is 127. The number of halogens is 1. The Balaban J connectivity index is 1.01. The van der Waals surface area contributed by atoms with Gasteiger partial charge in [-0.3, -0.25) is 15.0 Å². The molecular formula is C40H32IN9. The van der Waals surface area contributed by atoms with Gasteiger partial charge in [0.1, 0.15) is 5.82 Å². The van der Waals surface area contributed by atoms with E-state index in [9.17, 15) is 0 Å². The second-order valence-corrected chi connectivity index (χ2v) is 12.1. The third kappa shape index (κ3) is 7.30. The van der Waals surface area contributed by atoms with E-state index in [1.165, 1.54) is 0 Å². The van der Waals surface area contributed by atoms with Crippen molar-refractivity contribution in [1.82, 2.24) is 15.0 Å². The number of hydrogen-bond acceptors (Lipinski definition) is 8. The summed E-state index contributed by atoms with van der Waals surface area (Å²) in [4.78, 5) is 26.1. The van der Waals surface area contributed by atoms with Crippen LogP contribution in [-0.4, -0.2) is 31.6 Å². The van der Waals surface area contributed by atoms with E-state index in [0.717, 1.165) is 61.6 Å². The normalized spacial score (nSPS) is 11.8. The van der Waals surface area contributed by atoms with Crippen LogP contribution in [-0.2, 0) is 6.42 Å². The topological polar surface area (TPSA) is 157 Å². The molecule has 7 N–H and O–H groups in total. The van der Waals surface area contributed by atoms with E-state index in [2.05, 4.69) is 83.9 Å². The summed E-state index contributed by atoms with van der Waals surface area (Å²) in [7, 11) is 0. The zero-order chi connectivity index (χ0) is 34.5. The minimum absolute atomic E-state index is 0.585. The molecule has 50 heavy (non-hydrogen) atoms. The third-order valence-corrected chi connectivity index (χ3v) is 8.51. The zero-order valence-electron chi connectivity index (χ0n) is 26.8. The van der Waals surface area contributed by atoms with Gasteiger partial charge in [0.2, 0.25) is 0 Å². The molecule has 0 radical (unpaired) electrons. The third-order valence-electron chi connectivity index (χ3n) is 8.23. The lowest BCUT2D eigenvalue weighted by atomic mass is 10.0. The van der Waals surface area contributed by atoms with Crippen molar-refractivity contribution in [3.63, 3.8) is 0 Å². The second kappa shape index (κ2) is 14.5. The number of benzene rings is 5. The van der Waals surface area contributed by atoms with E-state index in [0.29, 0.717) is 34.9 Å². The molecule has 2 aromatic heterocycles.